The van der Waals surface area contributed by atoms with Crippen LogP contribution in [-0.2, 0) is 6.54 Å². The van der Waals surface area contributed by atoms with Crippen molar-refractivity contribution in [1.82, 2.24) is 9.55 Å². The van der Waals surface area contributed by atoms with Crippen molar-refractivity contribution in [2.45, 2.75) is 45.6 Å². The van der Waals surface area contributed by atoms with E-state index in [2.05, 4.69) is 65.2 Å². The highest BCUT2D eigenvalue weighted by atomic mass is 15.2. The number of rotatable bonds is 8. The molecule has 0 bridgehead atoms. The number of nitrogens with one attached hydrogen (secondary N) is 1. The van der Waals surface area contributed by atoms with Gasteiger partial charge in [0.2, 0.25) is 5.95 Å². The molecule has 1 N–H and O–H groups in total. The first-order chi connectivity index (χ1) is 9.81. The fourth-order valence-corrected chi connectivity index (χ4v) is 2.31. The lowest BCUT2D eigenvalue weighted by Gasteiger charge is -2.14. The molecule has 108 valence electrons. The predicted molar refractivity (Wildman–Crippen MR) is 85.1 cm³/mol. The molecule has 3 nitrogen and oxygen atoms in total. The van der Waals surface area contributed by atoms with Crippen LogP contribution in [0.4, 0.5) is 5.95 Å². The lowest BCUT2D eigenvalue weighted by molar-refractivity contribution is 0.578. The van der Waals surface area contributed by atoms with Crippen molar-refractivity contribution in [2.24, 2.45) is 0 Å². The Kier molecular flexibility index (Phi) is 5.66. The van der Waals surface area contributed by atoms with Crippen LogP contribution in [0.1, 0.15) is 44.6 Å². The van der Waals surface area contributed by atoms with Crippen LogP contribution in [0.5, 0.6) is 0 Å². The second kappa shape index (κ2) is 7.73. The molecule has 2 aromatic rings. The second-order valence-electron chi connectivity index (χ2n) is 5.32. The van der Waals surface area contributed by atoms with Crippen LogP contribution < -0.4 is 5.32 Å². The first kappa shape index (κ1) is 14.6. The Hall–Kier alpha value is -1.77. The van der Waals surface area contributed by atoms with E-state index in [9.17, 15) is 0 Å². The molecule has 1 atom stereocenters. The molecule has 0 aliphatic heterocycles. The first-order valence-electron chi connectivity index (χ1n) is 7.61. The van der Waals surface area contributed by atoms with E-state index >= 15 is 0 Å². The van der Waals surface area contributed by atoms with Crippen molar-refractivity contribution in [2.75, 3.05) is 11.9 Å². The summed E-state index contributed by atoms with van der Waals surface area (Å²) < 4.78 is 2.22. The van der Waals surface area contributed by atoms with Gasteiger partial charge in [0.25, 0.3) is 0 Å². The number of anilines is 1. The molecule has 0 spiro atoms. The molecule has 0 aliphatic carbocycles. The number of unbranched alkanes of at least 4 members (excludes halogenated alkanes) is 1. The summed E-state index contributed by atoms with van der Waals surface area (Å²) in [6.07, 6.45) is 7.46. The molecule has 0 fully saturated rings. The molecule has 20 heavy (non-hydrogen) atoms. The maximum Gasteiger partial charge on any atom is 0.202 e. The van der Waals surface area contributed by atoms with Crippen LogP contribution in [0.3, 0.4) is 0 Å². The first-order valence-corrected chi connectivity index (χ1v) is 7.61. The van der Waals surface area contributed by atoms with Crippen molar-refractivity contribution in [1.29, 1.82) is 0 Å². The van der Waals surface area contributed by atoms with Gasteiger partial charge in [-0.05, 0) is 24.3 Å². The molecule has 0 radical (unpaired) electrons. The third-order valence-corrected chi connectivity index (χ3v) is 3.70. The van der Waals surface area contributed by atoms with Crippen molar-refractivity contribution >= 4 is 5.95 Å². The van der Waals surface area contributed by atoms with Gasteiger partial charge in [-0.2, -0.15) is 0 Å². The minimum absolute atomic E-state index is 0.571. The maximum atomic E-state index is 4.39. The minimum Gasteiger partial charge on any atom is -0.356 e. The Labute approximate surface area is 122 Å². The smallest absolute Gasteiger partial charge is 0.202 e. The molecule has 0 saturated carbocycles. The molecule has 2 rings (SSSR count). The van der Waals surface area contributed by atoms with Gasteiger partial charge in [-0.15, -0.1) is 0 Å². The zero-order valence-corrected chi connectivity index (χ0v) is 12.5. The highest BCUT2D eigenvalue weighted by Gasteiger charge is 2.07. The van der Waals surface area contributed by atoms with Gasteiger partial charge in [-0.3, -0.25) is 0 Å². The SMILES string of the molecule is CCCCNc1nccn1CCC(C)c1ccccc1. The topological polar surface area (TPSA) is 29.9 Å². The third kappa shape index (κ3) is 4.12. The molecule has 1 heterocycles. The maximum absolute atomic E-state index is 4.39. The number of aromatic nitrogens is 2. The summed E-state index contributed by atoms with van der Waals surface area (Å²) in [6, 6.07) is 10.7. The molecule has 0 amide bonds. The van der Waals surface area contributed by atoms with E-state index in [-0.39, 0.29) is 0 Å². The highest BCUT2D eigenvalue weighted by molar-refractivity contribution is 5.25. The van der Waals surface area contributed by atoms with Crippen LogP contribution in [0.2, 0.25) is 0 Å². The Morgan fingerprint density at radius 2 is 2.05 bits per heavy atom. The summed E-state index contributed by atoms with van der Waals surface area (Å²) in [4.78, 5) is 4.39. The molecule has 1 aromatic heterocycles. The van der Waals surface area contributed by atoms with Gasteiger partial charge < -0.3 is 9.88 Å². The lowest BCUT2D eigenvalue weighted by Crippen LogP contribution is -2.10. The summed E-state index contributed by atoms with van der Waals surface area (Å²) >= 11 is 0. The Bertz CT molecular complexity index is 490. The fraction of sp³-hybridized carbons (Fsp3) is 0.471. The van der Waals surface area contributed by atoms with E-state index in [0.29, 0.717) is 5.92 Å². The van der Waals surface area contributed by atoms with Crippen molar-refractivity contribution in [3.63, 3.8) is 0 Å². The molecule has 3 heteroatoms. The second-order valence-corrected chi connectivity index (χ2v) is 5.32. The third-order valence-electron chi connectivity index (χ3n) is 3.70. The monoisotopic (exact) mass is 271 g/mol. The molecular weight excluding hydrogens is 246 g/mol. The van der Waals surface area contributed by atoms with E-state index in [0.717, 1.165) is 25.5 Å². The van der Waals surface area contributed by atoms with Crippen LogP contribution in [0.15, 0.2) is 42.7 Å². The number of hydrogen-bond acceptors (Lipinski definition) is 2. The zero-order chi connectivity index (χ0) is 14.2. The normalized spacial score (nSPS) is 12.3. The zero-order valence-electron chi connectivity index (χ0n) is 12.5. The fourth-order valence-electron chi connectivity index (χ4n) is 2.31. The standard InChI is InChI=1S/C17H25N3/c1-3-4-11-18-17-19-12-14-20(17)13-10-15(2)16-8-6-5-7-9-16/h5-9,12,14-15H,3-4,10-11,13H2,1-2H3,(H,18,19). The molecule has 0 saturated heterocycles. The van der Waals surface area contributed by atoms with E-state index < -0.39 is 0 Å². The predicted octanol–water partition coefficient (Wildman–Crippen LogP) is 4.29. The summed E-state index contributed by atoms with van der Waals surface area (Å²) in [5, 5.41) is 3.41. The quantitative estimate of drug-likeness (QED) is 0.726. The van der Waals surface area contributed by atoms with Gasteiger partial charge in [0, 0.05) is 25.5 Å². The number of benzene rings is 1. The number of nitrogens with zero attached hydrogens (tertiary/aromatic N) is 2. The van der Waals surface area contributed by atoms with Crippen LogP contribution in [-0.4, -0.2) is 16.1 Å². The summed E-state index contributed by atoms with van der Waals surface area (Å²) in [5.41, 5.74) is 1.41. The molecule has 1 unspecified atom stereocenters. The Balaban J connectivity index is 1.86. The van der Waals surface area contributed by atoms with Crippen LogP contribution in [0.25, 0.3) is 0 Å². The molecular formula is C17H25N3. The van der Waals surface area contributed by atoms with E-state index in [4.69, 9.17) is 0 Å². The molecule has 0 aliphatic rings. The van der Waals surface area contributed by atoms with Gasteiger partial charge >= 0.3 is 0 Å². The number of hydrogen-bond donors (Lipinski definition) is 1. The van der Waals surface area contributed by atoms with E-state index in [1.807, 2.05) is 6.20 Å². The Morgan fingerprint density at radius 1 is 1.25 bits per heavy atom. The van der Waals surface area contributed by atoms with E-state index in [1.165, 1.54) is 18.4 Å². The van der Waals surface area contributed by atoms with Gasteiger partial charge in [0.15, 0.2) is 0 Å². The van der Waals surface area contributed by atoms with Crippen molar-refractivity contribution in [3.8, 4) is 0 Å². The van der Waals surface area contributed by atoms with Gasteiger partial charge in [0.05, 0.1) is 0 Å². The lowest BCUT2D eigenvalue weighted by atomic mass is 9.98. The van der Waals surface area contributed by atoms with Gasteiger partial charge in [-0.25, -0.2) is 4.98 Å². The highest BCUT2D eigenvalue weighted by Crippen LogP contribution is 2.20. The van der Waals surface area contributed by atoms with Crippen molar-refractivity contribution < 1.29 is 0 Å². The van der Waals surface area contributed by atoms with Gasteiger partial charge in [-0.1, -0.05) is 50.6 Å². The Morgan fingerprint density at radius 3 is 2.80 bits per heavy atom. The van der Waals surface area contributed by atoms with Gasteiger partial charge in [0.1, 0.15) is 0 Å². The van der Waals surface area contributed by atoms with Crippen LogP contribution in [0, 0.1) is 0 Å². The summed E-state index contributed by atoms with van der Waals surface area (Å²) in [7, 11) is 0. The average molecular weight is 271 g/mol. The van der Waals surface area contributed by atoms with Crippen LogP contribution >= 0.6 is 0 Å². The van der Waals surface area contributed by atoms with E-state index in [1.54, 1.807) is 0 Å². The summed E-state index contributed by atoms with van der Waals surface area (Å²) in [5.74, 6) is 1.57. The molecule has 1 aromatic carbocycles. The number of aryl methyl sites for hydroxylation is 1. The average Bonchev–Trinajstić information content (AvgIpc) is 2.93. The minimum atomic E-state index is 0.571. The number of imidazole rings is 1. The summed E-state index contributed by atoms with van der Waals surface area (Å²) in [6.45, 7) is 6.50. The van der Waals surface area contributed by atoms with Crippen molar-refractivity contribution in [3.05, 3.63) is 48.3 Å². The largest absolute Gasteiger partial charge is 0.356 e.